The average molecular weight is 321 g/mol. The van der Waals surface area contributed by atoms with Crippen LogP contribution in [0.25, 0.3) is 10.9 Å². The maximum absolute atomic E-state index is 5.95. The molecular formula is C19H23N5. The van der Waals surface area contributed by atoms with E-state index >= 15 is 0 Å². The van der Waals surface area contributed by atoms with Crippen molar-refractivity contribution in [3.63, 3.8) is 0 Å². The topological polar surface area (TPSA) is 70.8 Å². The van der Waals surface area contributed by atoms with Crippen LogP contribution in [0.4, 0.5) is 5.82 Å². The van der Waals surface area contributed by atoms with Crippen molar-refractivity contribution < 1.29 is 0 Å². The second-order valence-corrected chi connectivity index (χ2v) is 6.74. The smallest absolute Gasteiger partial charge is 0.145 e. The molecule has 0 amide bonds. The Kier molecular flexibility index (Phi) is 4.17. The molecular weight excluding hydrogens is 298 g/mol. The van der Waals surface area contributed by atoms with E-state index in [0.717, 1.165) is 31.7 Å². The highest BCUT2D eigenvalue weighted by Crippen LogP contribution is 2.23. The largest absolute Gasteiger partial charge is 0.382 e. The minimum Gasteiger partial charge on any atom is -0.382 e. The second kappa shape index (κ2) is 6.61. The lowest BCUT2D eigenvalue weighted by atomic mass is 9.93. The van der Waals surface area contributed by atoms with Crippen molar-refractivity contribution in [1.82, 2.24) is 19.9 Å². The van der Waals surface area contributed by atoms with Crippen molar-refractivity contribution in [3.8, 4) is 0 Å². The lowest BCUT2D eigenvalue weighted by Crippen LogP contribution is -2.36. The van der Waals surface area contributed by atoms with Crippen molar-refractivity contribution in [1.29, 1.82) is 0 Å². The molecule has 0 bridgehead atoms. The molecule has 1 atom stereocenters. The van der Waals surface area contributed by atoms with Crippen LogP contribution < -0.4 is 5.73 Å². The fraction of sp³-hybridized carbons (Fsp3) is 0.368. The molecule has 1 saturated heterocycles. The summed E-state index contributed by atoms with van der Waals surface area (Å²) < 4.78 is 0. The van der Waals surface area contributed by atoms with E-state index < -0.39 is 0 Å². The minimum absolute atomic E-state index is 0.576. The fourth-order valence-electron chi connectivity index (χ4n) is 3.72. The monoisotopic (exact) mass is 321 g/mol. The molecule has 3 heterocycles. The lowest BCUT2D eigenvalue weighted by Gasteiger charge is -2.32. The molecule has 2 aromatic heterocycles. The summed E-state index contributed by atoms with van der Waals surface area (Å²) in [5.41, 5.74) is 9.47. The molecule has 4 rings (SSSR count). The molecule has 1 aromatic carbocycles. The van der Waals surface area contributed by atoms with Gasteiger partial charge in [-0.3, -0.25) is 9.88 Å². The van der Waals surface area contributed by atoms with Gasteiger partial charge in [0.2, 0.25) is 0 Å². The van der Waals surface area contributed by atoms with Gasteiger partial charge >= 0.3 is 0 Å². The Morgan fingerprint density at radius 3 is 3.04 bits per heavy atom. The Hall–Kier alpha value is -2.40. The summed E-state index contributed by atoms with van der Waals surface area (Å²) in [4.78, 5) is 14.4. The number of nitrogen functional groups attached to an aromatic ring is 1. The first-order valence-corrected chi connectivity index (χ1v) is 8.61. The molecule has 3 N–H and O–H groups in total. The SMILES string of the molecule is Nc1nccnc1C[C@@H]1CCCN(Cc2ccc3cc[nH]c3c2)C1. The number of nitrogens with zero attached hydrogens (tertiary/aromatic N) is 3. The standard InChI is InChI=1S/C19H23N5/c20-19-18(22-7-8-23-19)11-14-2-1-9-24(12-14)13-15-3-4-16-5-6-21-17(16)10-15/h3-8,10,14,21H,1-2,9,11-13H2,(H2,20,23)/t14-/m0/s1. The number of aromatic amines is 1. The molecule has 1 aliphatic rings. The number of fused-ring (bicyclic) bond motifs is 1. The molecule has 0 unspecified atom stereocenters. The molecule has 1 aliphatic heterocycles. The summed E-state index contributed by atoms with van der Waals surface area (Å²) in [7, 11) is 0. The zero-order chi connectivity index (χ0) is 16.4. The molecule has 0 spiro atoms. The third kappa shape index (κ3) is 3.26. The summed E-state index contributed by atoms with van der Waals surface area (Å²) in [6.45, 7) is 3.26. The Bertz CT molecular complexity index is 825. The summed E-state index contributed by atoms with van der Waals surface area (Å²) in [5, 5.41) is 1.27. The van der Waals surface area contributed by atoms with Crippen LogP contribution in [0.3, 0.4) is 0 Å². The van der Waals surface area contributed by atoms with Crippen LogP contribution in [0, 0.1) is 5.92 Å². The Morgan fingerprint density at radius 2 is 2.12 bits per heavy atom. The molecule has 5 heteroatoms. The molecule has 1 fully saturated rings. The van der Waals surface area contributed by atoms with Gasteiger partial charge in [0.25, 0.3) is 0 Å². The molecule has 0 saturated carbocycles. The van der Waals surface area contributed by atoms with E-state index in [1.807, 2.05) is 6.20 Å². The number of aromatic nitrogens is 3. The first-order valence-electron chi connectivity index (χ1n) is 8.61. The predicted molar refractivity (Wildman–Crippen MR) is 96.4 cm³/mol. The van der Waals surface area contributed by atoms with Gasteiger partial charge in [-0.25, -0.2) is 4.98 Å². The highest BCUT2D eigenvalue weighted by molar-refractivity contribution is 5.79. The van der Waals surface area contributed by atoms with E-state index in [0.29, 0.717) is 11.7 Å². The predicted octanol–water partition coefficient (Wildman–Crippen LogP) is 2.99. The van der Waals surface area contributed by atoms with E-state index in [-0.39, 0.29) is 0 Å². The maximum Gasteiger partial charge on any atom is 0.145 e. The van der Waals surface area contributed by atoms with Gasteiger partial charge in [0.1, 0.15) is 5.82 Å². The third-order valence-corrected chi connectivity index (χ3v) is 4.92. The van der Waals surface area contributed by atoms with Crippen LogP contribution in [0.15, 0.2) is 42.9 Å². The number of piperidine rings is 1. The fourth-order valence-corrected chi connectivity index (χ4v) is 3.72. The van der Waals surface area contributed by atoms with Crippen molar-refractivity contribution in [2.75, 3.05) is 18.8 Å². The number of rotatable bonds is 4. The third-order valence-electron chi connectivity index (χ3n) is 4.92. The summed E-state index contributed by atoms with van der Waals surface area (Å²) in [6.07, 6.45) is 8.78. The number of benzene rings is 1. The van der Waals surface area contributed by atoms with Gasteiger partial charge < -0.3 is 10.7 Å². The molecule has 3 aromatic rings. The van der Waals surface area contributed by atoms with E-state index in [1.54, 1.807) is 12.4 Å². The average Bonchev–Trinajstić information content (AvgIpc) is 3.05. The normalized spacial score (nSPS) is 18.9. The van der Waals surface area contributed by atoms with Crippen LogP contribution in [-0.2, 0) is 13.0 Å². The number of hydrogen-bond acceptors (Lipinski definition) is 4. The first-order chi connectivity index (χ1) is 11.8. The highest BCUT2D eigenvalue weighted by atomic mass is 15.1. The van der Waals surface area contributed by atoms with Crippen LogP contribution in [0.2, 0.25) is 0 Å². The number of hydrogen-bond donors (Lipinski definition) is 2. The molecule has 124 valence electrons. The van der Waals surface area contributed by atoms with Gasteiger partial charge in [-0.15, -0.1) is 0 Å². The summed E-state index contributed by atoms with van der Waals surface area (Å²) >= 11 is 0. The van der Waals surface area contributed by atoms with Crippen molar-refractivity contribution in [2.45, 2.75) is 25.8 Å². The number of nitrogens with one attached hydrogen (secondary N) is 1. The molecule has 5 nitrogen and oxygen atoms in total. The Balaban J connectivity index is 1.42. The number of anilines is 1. The summed E-state index contributed by atoms with van der Waals surface area (Å²) in [6, 6.07) is 8.81. The van der Waals surface area contributed by atoms with Crippen molar-refractivity contribution in [3.05, 3.63) is 54.1 Å². The Labute approximate surface area is 141 Å². The Morgan fingerprint density at radius 1 is 1.21 bits per heavy atom. The minimum atomic E-state index is 0.576. The second-order valence-electron chi connectivity index (χ2n) is 6.74. The van der Waals surface area contributed by atoms with Crippen molar-refractivity contribution in [2.24, 2.45) is 5.92 Å². The van der Waals surface area contributed by atoms with Gasteiger partial charge in [0.05, 0.1) is 5.69 Å². The number of nitrogens with two attached hydrogens (primary N) is 1. The summed E-state index contributed by atoms with van der Waals surface area (Å²) in [5.74, 6) is 1.18. The van der Waals surface area contributed by atoms with E-state index in [2.05, 4.69) is 44.1 Å². The van der Waals surface area contributed by atoms with Crippen LogP contribution in [-0.4, -0.2) is 32.9 Å². The quantitative estimate of drug-likeness (QED) is 0.775. The first kappa shape index (κ1) is 15.1. The molecule has 24 heavy (non-hydrogen) atoms. The van der Waals surface area contributed by atoms with Gasteiger partial charge in [-0.1, -0.05) is 12.1 Å². The molecule has 0 radical (unpaired) electrons. The van der Waals surface area contributed by atoms with Crippen LogP contribution >= 0.6 is 0 Å². The highest BCUT2D eigenvalue weighted by Gasteiger charge is 2.21. The van der Waals surface area contributed by atoms with Gasteiger partial charge in [-0.2, -0.15) is 0 Å². The van der Waals surface area contributed by atoms with E-state index in [4.69, 9.17) is 5.73 Å². The number of H-pyrrole nitrogens is 1. The molecule has 0 aliphatic carbocycles. The zero-order valence-electron chi connectivity index (χ0n) is 13.8. The number of likely N-dealkylation sites (tertiary alicyclic amines) is 1. The van der Waals surface area contributed by atoms with Crippen molar-refractivity contribution >= 4 is 16.7 Å². The van der Waals surface area contributed by atoms with Gasteiger partial charge in [-0.05, 0) is 54.8 Å². The maximum atomic E-state index is 5.95. The van der Waals surface area contributed by atoms with Crippen LogP contribution in [0.1, 0.15) is 24.1 Å². The lowest BCUT2D eigenvalue weighted by molar-refractivity contribution is 0.166. The van der Waals surface area contributed by atoms with Gasteiger partial charge in [0.15, 0.2) is 0 Å². The van der Waals surface area contributed by atoms with Crippen LogP contribution in [0.5, 0.6) is 0 Å². The van der Waals surface area contributed by atoms with E-state index in [1.165, 1.54) is 29.3 Å². The van der Waals surface area contributed by atoms with Gasteiger partial charge in [0, 0.05) is 37.2 Å². The van der Waals surface area contributed by atoms with E-state index in [9.17, 15) is 0 Å². The zero-order valence-corrected chi connectivity index (χ0v) is 13.8.